The fourth-order valence-electron chi connectivity index (χ4n) is 2.62. The number of anilines is 1. The molecule has 0 aliphatic carbocycles. The smallest absolute Gasteiger partial charge is 0.263 e. The zero-order valence-corrected chi connectivity index (χ0v) is 16.7. The van der Waals surface area contributed by atoms with Crippen LogP contribution in [0.2, 0.25) is 0 Å². The average Bonchev–Trinajstić information content (AvgIpc) is 3.04. The summed E-state index contributed by atoms with van der Waals surface area (Å²) < 4.78 is 26.2. The standard InChI is InChI=1S/C21H19F2N3O2S/c1-12-3-5-14(6-4-12)11-24-21(28)20-13(2)25-19(29-20)10-18(27)26-15-7-8-16(22)17(23)9-15/h3-9H,10-11H2,1-2H3,(H,24,28)(H,26,27). The molecule has 1 aromatic heterocycles. The number of halogens is 2. The molecule has 1 heterocycles. The predicted octanol–water partition coefficient (Wildman–Crippen LogP) is 4.15. The average molecular weight is 415 g/mol. The summed E-state index contributed by atoms with van der Waals surface area (Å²) in [6, 6.07) is 11.0. The van der Waals surface area contributed by atoms with Gasteiger partial charge in [0.1, 0.15) is 9.88 Å². The Morgan fingerprint density at radius 3 is 2.45 bits per heavy atom. The fourth-order valence-corrected chi connectivity index (χ4v) is 3.60. The van der Waals surface area contributed by atoms with E-state index in [1.54, 1.807) is 6.92 Å². The first-order valence-corrected chi connectivity index (χ1v) is 9.68. The first-order valence-electron chi connectivity index (χ1n) is 8.87. The maximum absolute atomic E-state index is 13.2. The molecule has 0 saturated carbocycles. The molecule has 2 N–H and O–H groups in total. The molecule has 0 radical (unpaired) electrons. The summed E-state index contributed by atoms with van der Waals surface area (Å²) in [5.41, 5.74) is 2.81. The lowest BCUT2D eigenvalue weighted by Crippen LogP contribution is -2.22. The Kier molecular flexibility index (Phi) is 6.33. The van der Waals surface area contributed by atoms with Crippen molar-refractivity contribution in [3.05, 3.63) is 80.8 Å². The van der Waals surface area contributed by atoms with Gasteiger partial charge in [0.15, 0.2) is 11.6 Å². The van der Waals surface area contributed by atoms with Crippen LogP contribution in [-0.2, 0) is 17.8 Å². The van der Waals surface area contributed by atoms with E-state index in [0.717, 1.165) is 34.6 Å². The first-order chi connectivity index (χ1) is 13.8. The lowest BCUT2D eigenvalue weighted by Gasteiger charge is -2.05. The lowest BCUT2D eigenvalue weighted by molar-refractivity contribution is -0.115. The van der Waals surface area contributed by atoms with Gasteiger partial charge in [0.05, 0.1) is 12.1 Å². The fraction of sp³-hybridized carbons (Fsp3) is 0.190. The van der Waals surface area contributed by atoms with Crippen LogP contribution in [0.4, 0.5) is 14.5 Å². The molecule has 0 atom stereocenters. The predicted molar refractivity (Wildman–Crippen MR) is 108 cm³/mol. The van der Waals surface area contributed by atoms with Crippen molar-refractivity contribution in [2.45, 2.75) is 26.8 Å². The maximum Gasteiger partial charge on any atom is 0.263 e. The van der Waals surface area contributed by atoms with Gasteiger partial charge in [-0.25, -0.2) is 13.8 Å². The number of hydrogen-bond donors (Lipinski definition) is 2. The molecule has 3 aromatic rings. The summed E-state index contributed by atoms with van der Waals surface area (Å²) in [6.45, 7) is 4.09. The summed E-state index contributed by atoms with van der Waals surface area (Å²) in [6.07, 6.45) is -0.0737. The van der Waals surface area contributed by atoms with E-state index in [-0.39, 0.29) is 18.0 Å². The number of hydrogen-bond acceptors (Lipinski definition) is 4. The van der Waals surface area contributed by atoms with E-state index >= 15 is 0 Å². The Bertz CT molecular complexity index is 1050. The second-order valence-corrected chi connectivity index (χ2v) is 7.63. The van der Waals surface area contributed by atoms with Crippen molar-refractivity contribution in [2.24, 2.45) is 0 Å². The number of thiazole rings is 1. The van der Waals surface area contributed by atoms with Gasteiger partial charge in [-0.1, -0.05) is 29.8 Å². The Labute approximate surface area is 170 Å². The summed E-state index contributed by atoms with van der Waals surface area (Å²) >= 11 is 1.13. The van der Waals surface area contributed by atoms with Crippen LogP contribution in [0.25, 0.3) is 0 Å². The van der Waals surface area contributed by atoms with E-state index in [9.17, 15) is 18.4 Å². The van der Waals surface area contributed by atoms with Crippen molar-refractivity contribution < 1.29 is 18.4 Å². The van der Waals surface area contributed by atoms with E-state index in [4.69, 9.17) is 0 Å². The minimum absolute atomic E-state index is 0.0737. The highest BCUT2D eigenvalue weighted by atomic mass is 32.1. The molecule has 0 fully saturated rings. The topological polar surface area (TPSA) is 71.1 Å². The van der Waals surface area contributed by atoms with Crippen LogP contribution in [0.1, 0.15) is 31.5 Å². The molecule has 150 valence electrons. The third-order valence-corrected chi connectivity index (χ3v) is 5.29. The van der Waals surface area contributed by atoms with Crippen LogP contribution < -0.4 is 10.6 Å². The van der Waals surface area contributed by atoms with Gasteiger partial charge in [-0.3, -0.25) is 9.59 Å². The molecule has 8 heteroatoms. The van der Waals surface area contributed by atoms with Gasteiger partial charge in [-0.05, 0) is 31.5 Å². The summed E-state index contributed by atoms with van der Waals surface area (Å²) in [7, 11) is 0. The number of rotatable bonds is 6. The molecule has 29 heavy (non-hydrogen) atoms. The summed E-state index contributed by atoms with van der Waals surface area (Å²) in [4.78, 5) is 29.3. The third-order valence-electron chi connectivity index (χ3n) is 4.14. The molecule has 0 aliphatic rings. The highest BCUT2D eigenvalue weighted by Gasteiger charge is 2.17. The van der Waals surface area contributed by atoms with E-state index in [1.165, 1.54) is 6.07 Å². The van der Waals surface area contributed by atoms with Gasteiger partial charge in [0, 0.05) is 18.3 Å². The maximum atomic E-state index is 13.2. The van der Waals surface area contributed by atoms with Crippen molar-refractivity contribution in [3.8, 4) is 0 Å². The molecule has 0 aliphatic heterocycles. The van der Waals surface area contributed by atoms with Gasteiger partial charge in [-0.15, -0.1) is 11.3 Å². The van der Waals surface area contributed by atoms with E-state index < -0.39 is 17.5 Å². The summed E-state index contributed by atoms with van der Waals surface area (Å²) in [5, 5.41) is 5.80. The molecular formula is C21H19F2N3O2S. The minimum Gasteiger partial charge on any atom is -0.347 e. The zero-order valence-electron chi connectivity index (χ0n) is 15.9. The van der Waals surface area contributed by atoms with Crippen molar-refractivity contribution in [3.63, 3.8) is 0 Å². The molecule has 0 bridgehead atoms. The Hall–Kier alpha value is -3.13. The van der Waals surface area contributed by atoms with Crippen molar-refractivity contribution >= 4 is 28.8 Å². The molecular weight excluding hydrogens is 396 g/mol. The number of nitrogens with one attached hydrogen (secondary N) is 2. The Morgan fingerprint density at radius 2 is 1.76 bits per heavy atom. The van der Waals surface area contributed by atoms with Crippen LogP contribution in [0.3, 0.4) is 0 Å². The molecule has 2 aromatic carbocycles. The molecule has 5 nitrogen and oxygen atoms in total. The number of amides is 2. The normalized spacial score (nSPS) is 10.6. The molecule has 2 amide bonds. The molecule has 0 unspecified atom stereocenters. The largest absolute Gasteiger partial charge is 0.347 e. The van der Waals surface area contributed by atoms with E-state index in [0.29, 0.717) is 22.1 Å². The number of aryl methyl sites for hydroxylation is 2. The Morgan fingerprint density at radius 1 is 1.03 bits per heavy atom. The minimum atomic E-state index is -1.04. The number of nitrogens with zero attached hydrogens (tertiary/aromatic N) is 1. The third kappa shape index (κ3) is 5.45. The van der Waals surface area contributed by atoms with E-state index in [1.807, 2.05) is 31.2 Å². The highest BCUT2D eigenvalue weighted by molar-refractivity contribution is 7.13. The van der Waals surface area contributed by atoms with Crippen LogP contribution in [0, 0.1) is 25.5 Å². The Balaban J connectivity index is 1.59. The van der Waals surface area contributed by atoms with Crippen molar-refractivity contribution in [2.75, 3.05) is 5.32 Å². The van der Waals surface area contributed by atoms with Gasteiger partial charge in [0.2, 0.25) is 5.91 Å². The van der Waals surface area contributed by atoms with Crippen molar-refractivity contribution in [1.82, 2.24) is 10.3 Å². The number of carbonyl (C=O) groups is 2. The molecule has 0 spiro atoms. The molecule has 0 saturated heterocycles. The quantitative estimate of drug-likeness (QED) is 0.635. The van der Waals surface area contributed by atoms with Crippen LogP contribution in [-0.4, -0.2) is 16.8 Å². The molecule has 3 rings (SSSR count). The number of benzene rings is 2. The van der Waals surface area contributed by atoms with Gasteiger partial charge >= 0.3 is 0 Å². The number of aromatic nitrogens is 1. The van der Waals surface area contributed by atoms with Gasteiger partial charge in [-0.2, -0.15) is 0 Å². The van der Waals surface area contributed by atoms with Crippen molar-refractivity contribution in [1.29, 1.82) is 0 Å². The second-order valence-electron chi connectivity index (χ2n) is 6.54. The first kappa shape index (κ1) is 20.6. The second kappa shape index (κ2) is 8.91. The van der Waals surface area contributed by atoms with Crippen LogP contribution >= 0.6 is 11.3 Å². The number of carbonyl (C=O) groups excluding carboxylic acids is 2. The summed E-state index contributed by atoms with van der Waals surface area (Å²) in [5.74, 6) is -2.72. The monoisotopic (exact) mass is 415 g/mol. The SMILES string of the molecule is Cc1ccc(CNC(=O)c2sc(CC(=O)Nc3ccc(F)c(F)c3)nc2C)cc1. The van der Waals surface area contributed by atoms with Crippen LogP contribution in [0.5, 0.6) is 0 Å². The van der Waals surface area contributed by atoms with Gasteiger partial charge in [0.25, 0.3) is 5.91 Å². The highest BCUT2D eigenvalue weighted by Crippen LogP contribution is 2.20. The zero-order chi connectivity index (χ0) is 21.0. The van der Waals surface area contributed by atoms with Gasteiger partial charge < -0.3 is 10.6 Å². The van der Waals surface area contributed by atoms with E-state index in [2.05, 4.69) is 15.6 Å². The van der Waals surface area contributed by atoms with Crippen LogP contribution in [0.15, 0.2) is 42.5 Å². The lowest BCUT2D eigenvalue weighted by atomic mass is 10.1.